The number of hydrogen-bond acceptors (Lipinski definition) is 4. The summed E-state index contributed by atoms with van der Waals surface area (Å²) >= 11 is 6.14. The minimum absolute atomic E-state index is 0.280. The van der Waals surface area contributed by atoms with Crippen LogP contribution in [0.15, 0.2) is 47.4 Å². The number of nitrogens with zero attached hydrogens (tertiary/aromatic N) is 1. The zero-order valence-corrected chi connectivity index (χ0v) is 17.6. The Bertz CT molecular complexity index is 839. The van der Waals surface area contributed by atoms with Gasteiger partial charge in [0.15, 0.2) is 0 Å². The molecule has 1 N–H and O–H groups in total. The standard InChI is InChI=1S/C20H27ClN2O3S/c1-4-12-23(15-17-14-18(21)7-10-20(17)26-3)13-11-16-5-8-19(9-6-16)27(24,25)22-2/h5-10,14,22H,4,11-13,15H2,1-3H3. The molecule has 2 aromatic carbocycles. The van der Waals surface area contributed by atoms with E-state index >= 15 is 0 Å². The van der Waals surface area contributed by atoms with Crippen LogP contribution in [0.3, 0.4) is 0 Å². The number of sulfonamides is 1. The fourth-order valence-corrected chi connectivity index (χ4v) is 3.86. The summed E-state index contributed by atoms with van der Waals surface area (Å²) < 4.78 is 31.4. The second-order valence-electron chi connectivity index (χ2n) is 6.33. The fraction of sp³-hybridized carbons (Fsp3) is 0.400. The van der Waals surface area contributed by atoms with E-state index in [1.54, 1.807) is 19.2 Å². The van der Waals surface area contributed by atoms with E-state index in [0.29, 0.717) is 5.02 Å². The van der Waals surface area contributed by atoms with Crippen LogP contribution in [0.4, 0.5) is 0 Å². The van der Waals surface area contributed by atoms with Crippen LogP contribution < -0.4 is 9.46 Å². The Morgan fingerprint density at radius 2 is 1.81 bits per heavy atom. The van der Waals surface area contributed by atoms with Crippen LogP contribution in [0.2, 0.25) is 5.02 Å². The van der Waals surface area contributed by atoms with Crippen molar-refractivity contribution in [2.75, 3.05) is 27.2 Å². The number of hydrogen-bond donors (Lipinski definition) is 1. The molecule has 0 aliphatic carbocycles. The first kappa shape index (κ1) is 21.7. The monoisotopic (exact) mass is 410 g/mol. The van der Waals surface area contributed by atoms with Gasteiger partial charge in [0.25, 0.3) is 0 Å². The highest BCUT2D eigenvalue weighted by molar-refractivity contribution is 7.89. The Hall–Kier alpha value is -1.60. The summed E-state index contributed by atoms with van der Waals surface area (Å²) in [5, 5.41) is 0.698. The Morgan fingerprint density at radius 3 is 2.41 bits per heavy atom. The molecule has 5 nitrogen and oxygen atoms in total. The molecule has 0 aliphatic heterocycles. The van der Waals surface area contributed by atoms with Gasteiger partial charge in [-0.1, -0.05) is 30.7 Å². The van der Waals surface area contributed by atoms with Crippen molar-refractivity contribution < 1.29 is 13.2 Å². The van der Waals surface area contributed by atoms with Crippen molar-refractivity contribution in [1.29, 1.82) is 0 Å². The highest BCUT2D eigenvalue weighted by atomic mass is 35.5. The fourth-order valence-electron chi connectivity index (χ4n) is 2.94. The van der Waals surface area contributed by atoms with E-state index in [2.05, 4.69) is 16.5 Å². The van der Waals surface area contributed by atoms with Crippen LogP contribution in [0.25, 0.3) is 0 Å². The average molecular weight is 411 g/mol. The highest BCUT2D eigenvalue weighted by Gasteiger charge is 2.12. The third-order valence-corrected chi connectivity index (χ3v) is 6.06. The molecule has 0 fully saturated rings. The second kappa shape index (κ2) is 10.1. The van der Waals surface area contributed by atoms with Crippen LogP contribution in [-0.4, -0.2) is 40.6 Å². The third kappa shape index (κ3) is 6.21. The topological polar surface area (TPSA) is 58.6 Å². The van der Waals surface area contributed by atoms with Crippen molar-refractivity contribution in [3.8, 4) is 5.75 Å². The molecule has 2 aromatic rings. The van der Waals surface area contributed by atoms with Crippen molar-refractivity contribution >= 4 is 21.6 Å². The summed E-state index contributed by atoms with van der Waals surface area (Å²) in [6, 6.07) is 12.7. The summed E-state index contributed by atoms with van der Waals surface area (Å²) in [6.07, 6.45) is 1.88. The van der Waals surface area contributed by atoms with Gasteiger partial charge in [0.1, 0.15) is 5.75 Å². The molecule has 0 atom stereocenters. The predicted molar refractivity (Wildman–Crippen MR) is 110 cm³/mol. The third-order valence-electron chi connectivity index (χ3n) is 4.40. The Labute approximate surface area is 167 Å². The maximum Gasteiger partial charge on any atom is 0.240 e. The number of nitrogens with one attached hydrogen (secondary N) is 1. The molecule has 0 spiro atoms. The van der Waals surface area contributed by atoms with Crippen molar-refractivity contribution in [3.63, 3.8) is 0 Å². The van der Waals surface area contributed by atoms with Crippen molar-refractivity contribution in [2.45, 2.75) is 31.2 Å². The molecule has 0 bridgehead atoms. The summed E-state index contributed by atoms with van der Waals surface area (Å²) in [6.45, 7) is 4.73. The number of ether oxygens (including phenoxy) is 1. The van der Waals surface area contributed by atoms with Crippen LogP contribution in [0, 0.1) is 0 Å². The first-order valence-corrected chi connectivity index (χ1v) is 10.8. The summed E-state index contributed by atoms with van der Waals surface area (Å²) in [4.78, 5) is 2.63. The van der Waals surface area contributed by atoms with E-state index in [1.165, 1.54) is 7.05 Å². The van der Waals surface area contributed by atoms with Crippen molar-refractivity contribution in [1.82, 2.24) is 9.62 Å². The summed E-state index contributed by atoms with van der Waals surface area (Å²) in [5.74, 6) is 0.835. The molecular weight excluding hydrogens is 384 g/mol. The number of halogens is 1. The van der Waals surface area contributed by atoms with Crippen LogP contribution in [0.1, 0.15) is 24.5 Å². The highest BCUT2D eigenvalue weighted by Crippen LogP contribution is 2.24. The number of methoxy groups -OCH3 is 1. The molecule has 7 heteroatoms. The van der Waals surface area contributed by atoms with E-state index in [1.807, 2.05) is 30.3 Å². The molecule has 0 amide bonds. The molecule has 2 rings (SSSR count). The minimum atomic E-state index is -3.39. The number of benzene rings is 2. The quantitative estimate of drug-likeness (QED) is 0.648. The van der Waals surface area contributed by atoms with E-state index in [-0.39, 0.29) is 4.90 Å². The van der Waals surface area contributed by atoms with Crippen molar-refractivity contribution in [2.24, 2.45) is 0 Å². The molecule has 0 saturated heterocycles. The lowest BCUT2D eigenvalue weighted by Crippen LogP contribution is -2.27. The van der Waals surface area contributed by atoms with Gasteiger partial charge < -0.3 is 4.74 Å². The van der Waals surface area contributed by atoms with Gasteiger partial charge in [-0.15, -0.1) is 0 Å². The molecule has 27 heavy (non-hydrogen) atoms. The first-order valence-electron chi connectivity index (χ1n) is 8.97. The van der Waals surface area contributed by atoms with Crippen LogP contribution in [0.5, 0.6) is 5.75 Å². The largest absolute Gasteiger partial charge is 0.496 e. The zero-order valence-electron chi connectivity index (χ0n) is 16.0. The molecule has 0 aromatic heterocycles. The molecule has 0 saturated carbocycles. The smallest absolute Gasteiger partial charge is 0.240 e. The van der Waals surface area contributed by atoms with Crippen molar-refractivity contribution in [3.05, 3.63) is 58.6 Å². The Kier molecular flexibility index (Phi) is 8.10. The van der Waals surface area contributed by atoms with E-state index in [0.717, 1.165) is 49.4 Å². The van der Waals surface area contributed by atoms with Gasteiger partial charge in [-0.25, -0.2) is 13.1 Å². The number of rotatable bonds is 10. The Morgan fingerprint density at radius 1 is 1.11 bits per heavy atom. The molecule has 148 valence electrons. The Balaban J connectivity index is 2.05. The molecule has 0 unspecified atom stereocenters. The second-order valence-corrected chi connectivity index (χ2v) is 8.66. The van der Waals surface area contributed by atoms with Gasteiger partial charge in [0, 0.05) is 23.7 Å². The van der Waals surface area contributed by atoms with Gasteiger partial charge in [-0.05, 0) is 62.3 Å². The minimum Gasteiger partial charge on any atom is -0.496 e. The van der Waals surface area contributed by atoms with Gasteiger partial charge in [-0.2, -0.15) is 0 Å². The molecule has 0 aliphatic rings. The average Bonchev–Trinajstić information content (AvgIpc) is 2.67. The lowest BCUT2D eigenvalue weighted by atomic mass is 10.1. The summed E-state index contributed by atoms with van der Waals surface area (Å²) in [5.41, 5.74) is 2.16. The maximum absolute atomic E-state index is 11.8. The van der Waals surface area contributed by atoms with E-state index < -0.39 is 10.0 Å². The van der Waals surface area contributed by atoms with Gasteiger partial charge in [0.05, 0.1) is 12.0 Å². The van der Waals surface area contributed by atoms with Gasteiger partial charge in [-0.3, -0.25) is 4.90 Å². The van der Waals surface area contributed by atoms with Crippen LogP contribution in [-0.2, 0) is 23.0 Å². The van der Waals surface area contributed by atoms with Gasteiger partial charge in [0.2, 0.25) is 10.0 Å². The van der Waals surface area contributed by atoms with E-state index in [4.69, 9.17) is 16.3 Å². The zero-order chi connectivity index (χ0) is 19.9. The van der Waals surface area contributed by atoms with Crippen LogP contribution >= 0.6 is 11.6 Å². The predicted octanol–water partition coefficient (Wildman–Crippen LogP) is 3.71. The summed E-state index contributed by atoms with van der Waals surface area (Å²) in [7, 11) is -0.317. The normalized spacial score (nSPS) is 11.7. The van der Waals surface area contributed by atoms with E-state index in [9.17, 15) is 8.42 Å². The first-order chi connectivity index (χ1) is 12.9. The lowest BCUT2D eigenvalue weighted by molar-refractivity contribution is 0.264. The van der Waals surface area contributed by atoms with Gasteiger partial charge >= 0.3 is 0 Å². The molecular formula is C20H27ClN2O3S. The molecule has 0 radical (unpaired) electrons. The molecule has 0 heterocycles. The SMILES string of the molecule is CCCN(CCc1ccc(S(=O)(=O)NC)cc1)Cc1cc(Cl)ccc1OC. The maximum atomic E-state index is 11.8. The lowest BCUT2D eigenvalue weighted by Gasteiger charge is -2.23.